The van der Waals surface area contributed by atoms with E-state index in [-0.39, 0.29) is 0 Å². The first-order chi connectivity index (χ1) is 4.54. The molecular formula is C3H6N4O3. The largest absolute Gasteiger partial charge is 0.443 e. The van der Waals surface area contributed by atoms with Crippen LogP contribution in [0.4, 0.5) is 9.59 Å². The van der Waals surface area contributed by atoms with E-state index < -0.39 is 12.1 Å². The van der Waals surface area contributed by atoms with Crippen LogP contribution < -0.4 is 16.8 Å². The van der Waals surface area contributed by atoms with Crippen molar-refractivity contribution in [2.75, 3.05) is 0 Å². The first kappa shape index (κ1) is 10.9. The van der Waals surface area contributed by atoms with Gasteiger partial charge < -0.3 is 16.6 Å². The first-order valence-corrected chi connectivity index (χ1v) is 1.93. The Balaban J connectivity index is 0. The van der Waals surface area contributed by atoms with E-state index in [0.29, 0.717) is 0 Å². The number of imide groups is 1. The Morgan fingerprint density at radius 1 is 1.40 bits per heavy atom. The molecule has 0 heterocycles. The van der Waals surface area contributed by atoms with Crippen LogP contribution in [0.1, 0.15) is 0 Å². The lowest BCUT2D eigenvalue weighted by molar-refractivity contribution is 0.236. The number of primary amides is 2. The summed E-state index contributed by atoms with van der Waals surface area (Å²) in [6.45, 7) is 0. The normalized spacial score (nSPS) is 5.90. The zero-order valence-corrected chi connectivity index (χ0v) is 4.87. The van der Waals surface area contributed by atoms with Crippen LogP contribution in [0.25, 0.3) is 0 Å². The topological polar surface area (TPSA) is 142 Å². The van der Waals surface area contributed by atoms with Crippen molar-refractivity contribution >= 4 is 12.1 Å². The van der Waals surface area contributed by atoms with Crippen LogP contribution in [0.2, 0.25) is 0 Å². The van der Waals surface area contributed by atoms with Gasteiger partial charge in [0.25, 0.3) is 6.26 Å². The van der Waals surface area contributed by atoms with E-state index in [2.05, 4.69) is 11.5 Å². The van der Waals surface area contributed by atoms with E-state index in [4.69, 9.17) is 10.4 Å². The first-order valence-electron chi connectivity index (χ1n) is 1.93. The molecule has 0 aliphatic heterocycles. The Kier molecular flexibility index (Phi) is 7.67. The molecule has 0 aliphatic carbocycles. The molecule has 56 valence electrons. The van der Waals surface area contributed by atoms with E-state index in [1.165, 1.54) is 0 Å². The molecule has 4 amide bonds. The average Bonchev–Trinajstić information content (AvgIpc) is 1.62. The van der Waals surface area contributed by atoms with Gasteiger partial charge in [-0.1, -0.05) is 0 Å². The summed E-state index contributed by atoms with van der Waals surface area (Å²) in [5.41, 5.74) is 8.88. The lowest BCUT2D eigenvalue weighted by Crippen LogP contribution is -2.38. The summed E-state index contributed by atoms with van der Waals surface area (Å²) in [4.78, 5) is 19.2. The highest BCUT2D eigenvalue weighted by Crippen LogP contribution is 1.51. The third-order valence-corrected chi connectivity index (χ3v) is 0.246. The summed E-state index contributed by atoms with van der Waals surface area (Å²) in [5.74, 6) is 0. The third kappa shape index (κ3) is 37.0. The molecule has 0 aromatic carbocycles. The van der Waals surface area contributed by atoms with Crippen LogP contribution in [0.5, 0.6) is 0 Å². The molecule has 7 nitrogen and oxygen atoms in total. The van der Waals surface area contributed by atoms with Crippen LogP contribution in [-0.2, 0) is 0 Å². The van der Waals surface area contributed by atoms with E-state index in [0.717, 1.165) is 6.26 Å². The number of aliphatic hydroxyl groups excluding tert-OH is 1. The van der Waals surface area contributed by atoms with Gasteiger partial charge in [-0.25, -0.2) is 9.59 Å². The quantitative estimate of drug-likeness (QED) is 0.311. The van der Waals surface area contributed by atoms with Crippen molar-refractivity contribution in [2.24, 2.45) is 11.5 Å². The molecule has 0 aliphatic rings. The van der Waals surface area contributed by atoms with Gasteiger partial charge in [0.1, 0.15) is 0 Å². The Morgan fingerprint density at radius 2 is 1.60 bits per heavy atom. The molecule has 0 unspecified atom stereocenters. The van der Waals surface area contributed by atoms with Crippen molar-refractivity contribution in [3.63, 3.8) is 0 Å². The minimum atomic E-state index is -0.938. The summed E-state index contributed by atoms with van der Waals surface area (Å²) in [6.07, 6.45) is 0.750. The number of nitrogens with zero attached hydrogens (tertiary/aromatic N) is 1. The summed E-state index contributed by atoms with van der Waals surface area (Å²) in [5, 5.41) is 15.3. The van der Waals surface area contributed by atoms with Crippen molar-refractivity contribution in [3.8, 4) is 6.26 Å². The fourth-order valence-electron chi connectivity index (χ4n) is 0.121. The molecule has 6 N–H and O–H groups in total. The maximum Gasteiger partial charge on any atom is 0.320 e. The highest BCUT2D eigenvalue weighted by molar-refractivity contribution is 5.91. The number of carbonyl (C=O) groups is 2. The zero-order chi connectivity index (χ0) is 8.57. The van der Waals surface area contributed by atoms with E-state index in [1.807, 2.05) is 0 Å². The molecule has 0 saturated heterocycles. The van der Waals surface area contributed by atoms with Crippen molar-refractivity contribution in [1.82, 2.24) is 5.32 Å². The highest BCUT2D eigenvalue weighted by Gasteiger charge is 1.92. The zero-order valence-electron chi connectivity index (χ0n) is 4.87. The van der Waals surface area contributed by atoms with Gasteiger partial charge in [-0.2, -0.15) is 5.26 Å². The van der Waals surface area contributed by atoms with Crippen LogP contribution in [-0.4, -0.2) is 17.2 Å². The fourth-order valence-corrected chi connectivity index (χ4v) is 0.121. The van der Waals surface area contributed by atoms with E-state index in [9.17, 15) is 9.59 Å². The van der Waals surface area contributed by atoms with E-state index >= 15 is 0 Å². The highest BCUT2D eigenvalue weighted by atomic mass is 16.2. The number of urea groups is 2. The number of hydrogen-bond acceptors (Lipinski definition) is 4. The lowest BCUT2D eigenvalue weighted by Gasteiger charge is -1.88. The van der Waals surface area contributed by atoms with Gasteiger partial charge in [-0.15, -0.1) is 0 Å². The number of nitriles is 1. The second-order valence-corrected chi connectivity index (χ2v) is 0.954. The second kappa shape index (κ2) is 7.03. The monoisotopic (exact) mass is 146 g/mol. The number of rotatable bonds is 0. The molecule has 10 heavy (non-hydrogen) atoms. The minimum Gasteiger partial charge on any atom is -0.443 e. The standard InChI is InChI=1S/C2H5N3O2.CHNO/c3-1(6)5-2(4)7;2-1-3/h(H5,3,4,5,6,7);3H. The van der Waals surface area contributed by atoms with Gasteiger partial charge in [0.05, 0.1) is 0 Å². The predicted molar refractivity (Wildman–Crippen MR) is 29.9 cm³/mol. The third-order valence-electron chi connectivity index (χ3n) is 0.246. The Morgan fingerprint density at radius 3 is 1.60 bits per heavy atom. The van der Waals surface area contributed by atoms with Crippen molar-refractivity contribution in [2.45, 2.75) is 0 Å². The maximum atomic E-state index is 9.62. The summed E-state index contributed by atoms with van der Waals surface area (Å²) in [6, 6.07) is -1.88. The SMILES string of the molecule is N#CO.NC(=O)NC(N)=O. The van der Waals surface area contributed by atoms with Gasteiger partial charge in [0.15, 0.2) is 0 Å². The van der Waals surface area contributed by atoms with E-state index in [1.54, 1.807) is 5.32 Å². The van der Waals surface area contributed by atoms with Crippen LogP contribution >= 0.6 is 0 Å². The number of hydrogen-bond donors (Lipinski definition) is 4. The number of nitrogens with one attached hydrogen (secondary N) is 1. The molecule has 0 rings (SSSR count). The maximum absolute atomic E-state index is 9.62. The van der Waals surface area contributed by atoms with Crippen LogP contribution in [0.3, 0.4) is 0 Å². The number of nitrogens with two attached hydrogens (primary N) is 2. The molecule has 0 radical (unpaired) electrons. The summed E-state index contributed by atoms with van der Waals surface area (Å²) in [7, 11) is 0. The number of amides is 4. The Labute approximate surface area is 56.2 Å². The van der Waals surface area contributed by atoms with Crippen LogP contribution in [0, 0.1) is 11.5 Å². The number of carbonyl (C=O) groups excluding carboxylic acids is 2. The molecule has 0 saturated carbocycles. The molecule has 0 aromatic heterocycles. The summed E-state index contributed by atoms with van der Waals surface area (Å²) >= 11 is 0. The van der Waals surface area contributed by atoms with Crippen molar-refractivity contribution in [1.29, 1.82) is 5.26 Å². The molecule has 0 aromatic rings. The fraction of sp³-hybridized carbons (Fsp3) is 0. The molecular weight excluding hydrogens is 140 g/mol. The van der Waals surface area contributed by atoms with Crippen LogP contribution in [0.15, 0.2) is 0 Å². The second-order valence-electron chi connectivity index (χ2n) is 0.954. The summed E-state index contributed by atoms with van der Waals surface area (Å²) < 4.78 is 0. The molecule has 0 bridgehead atoms. The molecule has 7 heteroatoms. The van der Waals surface area contributed by atoms with Gasteiger partial charge >= 0.3 is 12.1 Å². The smallest absolute Gasteiger partial charge is 0.320 e. The Bertz CT molecular complexity index is 148. The minimum absolute atomic E-state index is 0.750. The number of aliphatic hydroxyl groups is 1. The van der Waals surface area contributed by atoms with Crippen molar-refractivity contribution < 1.29 is 14.7 Å². The van der Waals surface area contributed by atoms with Gasteiger partial charge in [-0.3, -0.25) is 5.32 Å². The predicted octanol–water partition coefficient (Wildman–Crippen LogP) is -1.43. The molecule has 0 atom stereocenters. The van der Waals surface area contributed by atoms with Gasteiger partial charge in [-0.05, 0) is 0 Å². The molecule has 0 spiro atoms. The van der Waals surface area contributed by atoms with Crippen molar-refractivity contribution in [3.05, 3.63) is 0 Å². The molecule has 0 fully saturated rings. The Hall–Kier alpha value is -1.97. The van der Waals surface area contributed by atoms with Gasteiger partial charge in [0, 0.05) is 0 Å². The average molecular weight is 146 g/mol. The van der Waals surface area contributed by atoms with Gasteiger partial charge in [0.2, 0.25) is 0 Å². The lowest BCUT2D eigenvalue weighted by atomic mass is 10.9.